The number of nitrogens with one attached hydrogen (secondary N) is 1. The fourth-order valence-electron chi connectivity index (χ4n) is 2.20. The van der Waals surface area contributed by atoms with Crippen molar-refractivity contribution in [2.45, 2.75) is 6.92 Å². The fraction of sp³-hybridized carbons (Fsp3) is 0.0625. The van der Waals surface area contributed by atoms with Crippen molar-refractivity contribution in [2.24, 2.45) is 0 Å². The molecular weight excluding hydrogens is 253 g/mol. The van der Waals surface area contributed by atoms with Crippen molar-refractivity contribution in [3.63, 3.8) is 0 Å². The average Bonchev–Trinajstić information content (AvgIpc) is 2.46. The Hall–Kier alpha value is -2.62. The van der Waals surface area contributed by atoms with E-state index in [0.29, 0.717) is 11.4 Å². The molecule has 0 saturated heterocycles. The maximum atomic E-state index is 13.8. The van der Waals surface area contributed by atoms with Gasteiger partial charge in [-0.25, -0.2) is 4.39 Å². The summed E-state index contributed by atoms with van der Waals surface area (Å²) in [6.07, 6.45) is 3.41. The zero-order valence-electron chi connectivity index (χ0n) is 11.0. The maximum absolute atomic E-state index is 13.8. The maximum Gasteiger partial charge on any atom is 0.146 e. The Morgan fingerprint density at radius 3 is 2.75 bits per heavy atom. The molecule has 3 nitrogen and oxygen atoms in total. The van der Waals surface area contributed by atoms with Crippen LogP contribution in [0, 0.1) is 12.7 Å². The molecule has 3 N–H and O–H groups in total. The minimum Gasteiger partial charge on any atom is -0.398 e. The lowest BCUT2D eigenvalue weighted by Crippen LogP contribution is -1.97. The Labute approximate surface area is 116 Å². The quantitative estimate of drug-likeness (QED) is 0.690. The highest BCUT2D eigenvalue weighted by atomic mass is 19.1. The summed E-state index contributed by atoms with van der Waals surface area (Å²) < 4.78 is 13.8. The van der Waals surface area contributed by atoms with Crippen LogP contribution in [0.1, 0.15) is 5.56 Å². The van der Waals surface area contributed by atoms with Crippen LogP contribution in [-0.4, -0.2) is 4.98 Å². The van der Waals surface area contributed by atoms with Gasteiger partial charge in [0.05, 0.1) is 5.69 Å². The monoisotopic (exact) mass is 267 g/mol. The predicted octanol–water partition coefficient (Wildman–Crippen LogP) is 4.01. The van der Waals surface area contributed by atoms with E-state index in [9.17, 15) is 4.39 Å². The molecule has 1 aromatic heterocycles. The molecule has 0 bridgehead atoms. The number of hydrogen-bond acceptors (Lipinski definition) is 3. The molecule has 0 aliphatic carbocycles. The van der Waals surface area contributed by atoms with E-state index >= 15 is 0 Å². The largest absolute Gasteiger partial charge is 0.398 e. The van der Waals surface area contributed by atoms with Crippen LogP contribution in [0.25, 0.3) is 10.8 Å². The van der Waals surface area contributed by atoms with Crippen molar-refractivity contribution in [1.82, 2.24) is 4.98 Å². The molecule has 0 spiro atoms. The molecule has 0 amide bonds. The lowest BCUT2D eigenvalue weighted by Gasteiger charge is -2.12. The fourth-order valence-corrected chi connectivity index (χ4v) is 2.20. The third kappa shape index (κ3) is 2.16. The first-order valence-electron chi connectivity index (χ1n) is 6.30. The molecule has 3 rings (SSSR count). The molecule has 0 unspecified atom stereocenters. The molecule has 0 aliphatic rings. The van der Waals surface area contributed by atoms with Crippen molar-refractivity contribution in [3.05, 3.63) is 60.2 Å². The second kappa shape index (κ2) is 4.81. The van der Waals surface area contributed by atoms with Crippen LogP contribution in [0.15, 0.2) is 48.8 Å². The summed E-state index contributed by atoms with van der Waals surface area (Å²) >= 11 is 0. The summed E-state index contributed by atoms with van der Waals surface area (Å²) in [5.74, 6) is -0.288. The topological polar surface area (TPSA) is 50.9 Å². The number of halogens is 1. The Kier molecular flexibility index (Phi) is 2.99. The highest BCUT2D eigenvalue weighted by Gasteiger charge is 2.07. The molecule has 20 heavy (non-hydrogen) atoms. The third-order valence-corrected chi connectivity index (χ3v) is 3.24. The van der Waals surface area contributed by atoms with Gasteiger partial charge in [-0.15, -0.1) is 0 Å². The zero-order chi connectivity index (χ0) is 14.1. The number of aryl methyl sites for hydroxylation is 1. The minimum atomic E-state index is -0.288. The van der Waals surface area contributed by atoms with Crippen LogP contribution in [0.5, 0.6) is 0 Å². The van der Waals surface area contributed by atoms with Gasteiger partial charge in [0, 0.05) is 34.5 Å². The highest BCUT2D eigenvalue weighted by Crippen LogP contribution is 2.30. The van der Waals surface area contributed by atoms with Gasteiger partial charge in [-0.05, 0) is 42.8 Å². The summed E-state index contributed by atoms with van der Waals surface area (Å²) in [6, 6.07) is 10.5. The van der Waals surface area contributed by atoms with E-state index in [1.165, 1.54) is 6.07 Å². The SMILES string of the molecule is Cc1ccc(F)c(Nc2ccc(N)c3ccncc23)c1. The molecule has 0 fully saturated rings. The third-order valence-electron chi connectivity index (χ3n) is 3.24. The van der Waals surface area contributed by atoms with E-state index in [4.69, 9.17) is 5.73 Å². The first-order chi connectivity index (χ1) is 9.65. The van der Waals surface area contributed by atoms with E-state index in [-0.39, 0.29) is 5.82 Å². The van der Waals surface area contributed by atoms with Gasteiger partial charge in [0.1, 0.15) is 5.82 Å². The zero-order valence-corrected chi connectivity index (χ0v) is 11.0. The lowest BCUT2D eigenvalue weighted by molar-refractivity contribution is 0.631. The number of nitrogens with two attached hydrogens (primary N) is 1. The minimum absolute atomic E-state index is 0.288. The number of fused-ring (bicyclic) bond motifs is 1. The Balaban J connectivity index is 2.11. The molecule has 0 aliphatic heterocycles. The summed E-state index contributed by atoms with van der Waals surface area (Å²) in [7, 11) is 0. The summed E-state index contributed by atoms with van der Waals surface area (Å²) in [4.78, 5) is 4.11. The van der Waals surface area contributed by atoms with E-state index < -0.39 is 0 Å². The molecule has 0 saturated carbocycles. The smallest absolute Gasteiger partial charge is 0.146 e. The van der Waals surface area contributed by atoms with E-state index in [0.717, 1.165) is 22.0 Å². The van der Waals surface area contributed by atoms with Gasteiger partial charge in [-0.3, -0.25) is 4.98 Å². The second-order valence-corrected chi connectivity index (χ2v) is 4.73. The number of pyridine rings is 1. The molecule has 0 radical (unpaired) electrons. The van der Waals surface area contributed by atoms with Crippen molar-refractivity contribution < 1.29 is 4.39 Å². The summed E-state index contributed by atoms with van der Waals surface area (Å²) in [5.41, 5.74) is 8.84. The van der Waals surface area contributed by atoms with Crippen LogP contribution in [-0.2, 0) is 0 Å². The Morgan fingerprint density at radius 2 is 1.90 bits per heavy atom. The molecule has 3 aromatic rings. The van der Waals surface area contributed by atoms with Gasteiger partial charge < -0.3 is 11.1 Å². The Bertz CT molecular complexity index is 784. The number of nitrogen functional groups attached to an aromatic ring is 1. The lowest BCUT2D eigenvalue weighted by atomic mass is 10.1. The number of benzene rings is 2. The number of nitrogens with zero attached hydrogens (tertiary/aromatic N) is 1. The van der Waals surface area contributed by atoms with Crippen LogP contribution in [0.4, 0.5) is 21.5 Å². The molecular formula is C16H14FN3. The molecule has 0 atom stereocenters. The Morgan fingerprint density at radius 1 is 1.05 bits per heavy atom. The first-order valence-corrected chi connectivity index (χ1v) is 6.30. The van der Waals surface area contributed by atoms with Gasteiger partial charge in [-0.2, -0.15) is 0 Å². The van der Waals surface area contributed by atoms with Gasteiger partial charge in [0.15, 0.2) is 0 Å². The average molecular weight is 267 g/mol. The van der Waals surface area contributed by atoms with Crippen molar-refractivity contribution >= 4 is 27.8 Å². The van der Waals surface area contributed by atoms with Crippen LogP contribution >= 0.6 is 0 Å². The van der Waals surface area contributed by atoms with E-state index in [2.05, 4.69) is 10.3 Å². The van der Waals surface area contributed by atoms with Crippen LogP contribution in [0.3, 0.4) is 0 Å². The first kappa shape index (κ1) is 12.4. The van der Waals surface area contributed by atoms with Gasteiger partial charge >= 0.3 is 0 Å². The predicted molar refractivity (Wildman–Crippen MR) is 80.6 cm³/mol. The van der Waals surface area contributed by atoms with Gasteiger partial charge in [0.2, 0.25) is 0 Å². The van der Waals surface area contributed by atoms with E-state index in [1.54, 1.807) is 30.6 Å². The van der Waals surface area contributed by atoms with Crippen molar-refractivity contribution in [1.29, 1.82) is 0 Å². The number of anilines is 3. The molecule has 2 aromatic carbocycles. The highest BCUT2D eigenvalue weighted by molar-refractivity contribution is 6.01. The van der Waals surface area contributed by atoms with Crippen LogP contribution < -0.4 is 11.1 Å². The van der Waals surface area contributed by atoms with Crippen LogP contribution in [0.2, 0.25) is 0 Å². The second-order valence-electron chi connectivity index (χ2n) is 4.73. The molecule has 4 heteroatoms. The molecule has 1 heterocycles. The van der Waals surface area contributed by atoms with Gasteiger partial charge in [0.25, 0.3) is 0 Å². The van der Waals surface area contributed by atoms with E-state index in [1.807, 2.05) is 19.1 Å². The van der Waals surface area contributed by atoms with Crippen molar-refractivity contribution in [3.8, 4) is 0 Å². The summed E-state index contributed by atoms with van der Waals surface area (Å²) in [5, 5.41) is 4.88. The number of aromatic nitrogens is 1. The number of rotatable bonds is 2. The number of hydrogen-bond donors (Lipinski definition) is 2. The van der Waals surface area contributed by atoms with Gasteiger partial charge in [-0.1, -0.05) is 6.07 Å². The molecule has 100 valence electrons. The summed E-state index contributed by atoms with van der Waals surface area (Å²) in [6.45, 7) is 1.92. The standard InChI is InChI=1S/C16H14FN3/c1-10-2-3-13(17)16(8-10)20-15-5-4-14(18)11-6-7-19-9-12(11)15/h2-9,20H,18H2,1H3. The normalized spacial score (nSPS) is 10.7. The van der Waals surface area contributed by atoms with Crippen molar-refractivity contribution in [2.75, 3.05) is 11.1 Å².